The molecule has 2 N–H and O–H groups in total. The Hall–Kier alpha value is -0.280. The fourth-order valence-corrected chi connectivity index (χ4v) is 2.48. The number of carbonyl (C=O) groups is 1. The first-order valence-electron chi connectivity index (χ1n) is 6.17. The van der Waals surface area contributed by atoms with Crippen LogP contribution in [0.3, 0.4) is 0 Å². The van der Waals surface area contributed by atoms with Crippen molar-refractivity contribution in [3.63, 3.8) is 0 Å². The SMILES string of the molecule is CCC1(C)CC1C(=O)N[C@H]1CCCNC1.Cl. The van der Waals surface area contributed by atoms with Gasteiger partial charge in [-0.05, 0) is 37.6 Å². The summed E-state index contributed by atoms with van der Waals surface area (Å²) in [5, 5.41) is 6.49. The summed E-state index contributed by atoms with van der Waals surface area (Å²) in [5.41, 5.74) is 0.298. The molecule has 2 fully saturated rings. The Morgan fingerprint density at radius 2 is 2.31 bits per heavy atom. The molecule has 1 heterocycles. The van der Waals surface area contributed by atoms with Crippen LogP contribution < -0.4 is 10.6 Å². The van der Waals surface area contributed by atoms with Gasteiger partial charge >= 0.3 is 0 Å². The van der Waals surface area contributed by atoms with Gasteiger partial charge in [0.05, 0.1) is 0 Å². The van der Waals surface area contributed by atoms with E-state index < -0.39 is 0 Å². The number of hydrogen-bond acceptors (Lipinski definition) is 2. The molecule has 0 spiro atoms. The highest BCUT2D eigenvalue weighted by Crippen LogP contribution is 2.54. The van der Waals surface area contributed by atoms with Crippen molar-refractivity contribution in [1.82, 2.24) is 10.6 Å². The maximum atomic E-state index is 11.9. The van der Waals surface area contributed by atoms with Gasteiger partial charge in [0.2, 0.25) is 5.91 Å². The molecular formula is C12H23ClN2O. The van der Waals surface area contributed by atoms with Crippen molar-refractivity contribution in [2.75, 3.05) is 13.1 Å². The van der Waals surface area contributed by atoms with E-state index in [1.54, 1.807) is 0 Å². The van der Waals surface area contributed by atoms with E-state index in [1.165, 1.54) is 6.42 Å². The summed E-state index contributed by atoms with van der Waals surface area (Å²) in [6.45, 7) is 6.44. The molecule has 1 saturated heterocycles. The molecule has 1 amide bonds. The van der Waals surface area contributed by atoms with Gasteiger partial charge in [-0.1, -0.05) is 13.8 Å². The maximum absolute atomic E-state index is 11.9. The lowest BCUT2D eigenvalue weighted by Gasteiger charge is -2.24. The van der Waals surface area contributed by atoms with E-state index in [1.807, 2.05) is 0 Å². The smallest absolute Gasteiger partial charge is 0.223 e. The monoisotopic (exact) mass is 246 g/mol. The van der Waals surface area contributed by atoms with E-state index >= 15 is 0 Å². The summed E-state index contributed by atoms with van der Waals surface area (Å²) < 4.78 is 0. The topological polar surface area (TPSA) is 41.1 Å². The second-order valence-corrected chi connectivity index (χ2v) is 5.32. The highest BCUT2D eigenvalue weighted by molar-refractivity contribution is 5.85. The Morgan fingerprint density at radius 3 is 2.81 bits per heavy atom. The van der Waals surface area contributed by atoms with E-state index in [0.29, 0.717) is 11.5 Å². The summed E-state index contributed by atoms with van der Waals surface area (Å²) in [7, 11) is 0. The highest BCUT2D eigenvalue weighted by atomic mass is 35.5. The molecule has 4 heteroatoms. The lowest BCUT2D eigenvalue weighted by molar-refractivity contribution is -0.123. The highest BCUT2D eigenvalue weighted by Gasteiger charge is 2.53. The van der Waals surface area contributed by atoms with Gasteiger partial charge in [0.25, 0.3) is 0 Å². The fraction of sp³-hybridized carbons (Fsp3) is 0.917. The van der Waals surface area contributed by atoms with Gasteiger partial charge in [-0.25, -0.2) is 0 Å². The van der Waals surface area contributed by atoms with Gasteiger partial charge in [-0.3, -0.25) is 4.79 Å². The van der Waals surface area contributed by atoms with E-state index in [2.05, 4.69) is 24.5 Å². The zero-order valence-electron chi connectivity index (χ0n) is 10.2. The standard InChI is InChI=1S/C12H22N2O.ClH/c1-3-12(2)7-10(12)11(15)14-9-5-4-6-13-8-9;/h9-10,13H,3-8H2,1-2H3,(H,14,15);1H/t9-,10?,12?;/m0./s1. The predicted molar refractivity (Wildman–Crippen MR) is 67.8 cm³/mol. The largest absolute Gasteiger partial charge is 0.352 e. The van der Waals surface area contributed by atoms with Crippen LogP contribution in [0.2, 0.25) is 0 Å². The van der Waals surface area contributed by atoms with Gasteiger partial charge in [0.15, 0.2) is 0 Å². The average Bonchev–Trinajstić information content (AvgIpc) is 2.93. The van der Waals surface area contributed by atoms with Crippen LogP contribution in [-0.4, -0.2) is 25.0 Å². The third-order valence-corrected chi connectivity index (χ3v) is 4.12. The lowest BCUT2D eigenvalue weighted by atomic mass is 10.0. The first kappa shape index (κ1) is 13.8. The van der Waals surface area contributed by atoms with Crippen LogP contribution in [-0.2, 0) is 4.79 Å². The van der Waals surface area contributed by atoms with E-state index in [-0.39, 0.29) is 24.2 Å². The molecule has 2 unspecified atom stereocenters. The van der Waals surface area contributed by atoms with Crippen molar-refractivity contribution in [2.45, 2.75) is 45.6 Å². The van der Waals surface area contributed by atoms with Crippen LogP contribution in [0.5, 0.6) is 0 Å². The third kappa shape index (κ3) is 2.89. The minimum absolute atomic E-state index is 0. The molecule has 0 bridgehead atoms. The van der Waals surface area contributed by atoms with Gasteiger partial charge in [0.1, 0.15) is 0 Å². The normalized spacial score (nSPS) is 37.4. The first-order chi connectivity index (χ1) is 7.15. The van der Waals surface area contributed by atoms with E-state index in [9.17, 15) is 4.79 Å². The van der Waals surface area contributed by atoms with Crippen LogP contribution >= 0.6 is 12.4 Å². The third-order valence-electron chi connectivity index (χ3n) is 4.12. The van der Waals surface area contributed by atoms with Crippen LogP contribution in [0.25, 0.3) is 0 Å². The summed E-state index contributed by atoms with van der Waals surface area (Å²) in [4.78, 5) is 11.9. The number of nitrogens with one attached hydrogen (secondary N) is 2. The van der Waals surface area contributed by atoms with Crippen molar-refractivity contribution >= 4 is 18.3 Å². The van der Waals surface area contributed by atoms with Crippen molar-refractivity contribution < 1.29 is 4.79 Å². The Bertz CT molecular complexity index is 253. The minimum atomic E-state index is 0. The molecule has 2 aliphatic rings. The van der Waals surface area contributed by atoms with Crippen LogP contribution in [0.4, 0.5) is 0 Å². The Kier molecular flexibility index (Phi) is 4.62. The van der Waals surface area contributed by atoms with Crippen molar-refractivity contribution in [2.24, 2.45) is 11.3 Å². The summed E-state index contributed by atoms with van der Waals surface area (Å²) in [6, 6.07) is 0.368. The zero-order valence-corrected chi connectivity index (χ0v) is 11.0. The maximum Gasteiger partial charge on any atom is 0.223 e. The van der Waals surface area contributed by atoms with Gasteiger partial charge < -0.3 is 10.6 Å². The number of piperidine rings is 1. The first-order valence-corrected chi connectivity index (χ1v) is 6.17. The Labute approximate surface area is 104 Å². The number of halogens is 1. The number of rotatable bonds is 3. The molecule has 16 heavy (non-hydrogen) atoms. The van der Waals surface area contributed by atoms with Gasteiger partial charge in [-0.2, -0.15) is 0 Å². The fourth-order valence-electron chi connectivity index (χ4n) is 2.48. The van der Waals surface area contributed by atoms with Gasteiger partial charge in [-0.15, -0.1) is 12.4 Å². The minimum Gasteiger partial charge on any atom is -0.352 e. The Balaban J connectivity index is 0.00000128. The van der Waals surface area contributed by atoms with Crippen molar-refractivity contribution in [3.8, 4) is 0 Å². The lowest BCUT2D eigenvalue weighted by Crippen LogP contribution is -2.46. The molecule has 0 aromatic heterocycles. The number of hydrogen-bond donors (Lipinski definition) is 2. The molecule has 1 aliphatic heterocycles. The average molecular weight is 247 g/mol. The summed E-state index contributed by atoms with van der Waals surface area (Å²) in [5.74, 6) is 0.567. The van der Waals surface area contributed by atoms with Crippen LogP contribution in [0.1, 0.15) is 39.5 Å². The molecule has 2 rings (SSSR count). The predicted octanol–water partition coefficient (Wildman–Crippen LogP) is 1.71. The molecular weight excluding hydrogens is 224 g/mol. The van der Waals surface area contributed by atoms with Crippen LogP contribution in [0, 0.1) is 11.3 Å². The van der Waals surface area contributed by atoms with E-state index in [4.69, 9.17) is 0 Å². The zero-order chi connectivity index (χ0) is 10.9. The second-order valence-electron chi connectivity index (χ2n) is 5.32. The van der Waals surface area contributed by atoms with Gasteiger partial charge in [0, 0.05) is 18.5 Å². The Morgan fingerprint density at radius 1 is 1.56 bits per heavy atom. The molecule has 1 saturated carbocycles. The number of carbonyl (C=O) groups excluding carboxylic acids is 1. The van der Waals surface area contributed by atoms with Crippen molar-refractivity contribution in [3.05, 3.63) is 0 Å². The van der Waals surface area contributed by atoms with Crippen molar-refractivity contribution in [1.29, 1.82) is 0 Å². The second kappa shape index (κ2) is 5.37. The summed E-state index contributed by atoms with van der Waals surface area (Å²) >= 11 is 0. The summed E-state index contributed by atoms with van der Waals surface area (Å²) in [6.07, 6.45) is 4.51. The molecule has 0 radical (unpaired) electrons. The van der Waals surface area contributed by atoms with E-state index in [0.717, 1.165) is 32.4 Å². The van der Waals surface area contributed by atoms with Crippen LogP contribution in [0.15, 0.2) is 0 Å². The molecule has 94 valence electrons. The molecule has 3 nitrogen and oxygen atoms in total. The number of amides is 1. The molecule has 3 atom stereocenters. The molecule has 0 aromatic carbocycles. The molecule has 0 aromatic rings. The quantitative estimate of drug-likeness (QED) is 0.796. The molecule has 1 aliphatic carbocycles.